The first kappa shape index (κ1) is 46.0. The molecule has 0 spiro atoms. The molecule has 2 fully saturated rings. The summed E-state index contributed by atoms with van der Waals surface area (Å²) < 4.78 is 10.9. The number of phenols is 2. The number of carbonyl (C=O) groups excluding carboxylic acids is 2. The number of carbonyl (C=O) groups is 3. The van der Waals surface area contributed by atoms with Gasteiger partial charge in [0.25, 0.3) is 5.91 Å². The molecule has 0 radical (unpaired) electrons. The second-order valence-electron chi connectivity index (χ2n) is 17.1. The van der Waals surface area contributed by atoms with E-state index in [1.807, 2.05) is 30.3 Å². The highest BCUT2D eigenvalue weighted by atomic mass is 16.8. The fraction of sp³-hybridized carbons (Fsp3) is 0.362. The van der Waals surface area contributed by atoms with Gasteiger partial charge in [0.1, 0.15) is 42.2 Å². The first-order valence-electron chi connectivity index (χ1n) is 21.5. The summed E-state index contributed by atoms with van der Waals surface area (Å²) in [4.78, 5) is 51.6. The smallest absolute Gasteiger partial charge is 0.355 e. The molecule has 348 valence electrons. The van der Waals surface area contributed by atoms with E-state index in [9.17, 15) is 55.2 Å². The van der Waals surface area contributed by atoms with E-state index in [0.29, 0.717) is 41.2 Å². The molecule has 66 heavy (non-hydrogen) atoms. The van der Waals surface area contributed by atoms with E-state index in [2.05, 4.69) is 20.3 Å². The molecule has 13 N–H and O–H groups in total. The number of aromatic nitrogens is 3. The van der Waals surface area contributed by atoms with E-state index in [0.717, 1.165) is 35.3 Å². The van der Waals surface area contributed by atoms with Crippen molar-refractivity contribution in [1.82, 2.24) is 15.0 Å². The number of carboxylic acid groups (broad SMARTS) is 1. The molecule has 10 atom stereocenters. The highest BCUT2D eigenvalue weighted by Gasteiger charge is 2.56. The molecule has 8 rings (SSSR count). The van der Waals surface area contributed by atoms with Gasteiger partial charge in [-0.1, -0.05) is 42.8 Å². The Hall–Kier alpha value is -6.58. The lowest BCUT2D eigenvalue weighted by Gasteiger charge is -2.44. The number of aliphatic hydroxyl groups is 5. The Morgan fingerprint density at radius 3 is 2.50 bits per heavy atom. The minimum Gasteiger partial charge on any atom is -0.508 e. The summed E-state index contributed by atoms with van der Waals surface area (Å²) in [7, 11) is 0. The first-order chi connectivity index (χ1) is 31.7. The number of ether oxygens (including phenoxy) is 2. The third kappa shape index (κ3) is 8.76. The maximum Gasteiger partial charge on any atom is 0.355 e. The molecule has 19 nitrogen and oxygen atoms in total. The number of hydrogen-bond acceptors (Lipinski definition) is 15. The van der Waals surface area contributed by atoms with Crippen LogP contribution in [0.5, 0.6) is 17.2 Å². The molecule has 1 saturated carbocycles. The average Bonchev–Trinajstić information content (AvgIpc) is 4.13. The van der Waals surface area contributed by atoms with Crippen LogP contribution in [0.4, 0.5) is 11.5 Å². The van der Waals surface area contributed by atoms with Crippen LogP contribution >= 0.6 is 0 Å². The summed E-state index contributed by atoms with van der Waals surface area (Å²) in [6.45, 7) is -0.907. The third-order valence-electron chi connectivity index (χ3n) is 13.1. The molecule has 1 amide bonds. The molecule has 5 aromatic rings. The van der Waals surface area contributed by atoms with Crippen molar-refractivity contribution < 1.29 is 64.7 Å². The van der Waals surface area contributed by atoms with Crippen molar-refractivity contribution in [3.63, 3.8) is 0 Å². The number of amides is 1. The zero-order chi connectivity index (χ0) is 46.9. The topological polar surface area (TPSA) is 317 Å². The molecule has 2 aromatic heterocycles. The number of nitrogens with two attached hydrogens (primary N) is 1. The monoisotopic (exact) mass is 908 g/mol. The molecular weight excluding hydrogens is 857 g/mol. The Morgan fingerprint density at radius 1 is 1.03 bits per heavy atom. The van der Waals surface area contributed by atoms with Crippen LogP contribution in [0, 0.1) is 0 Å². The number of carboxylic acids is 1. The van der Waals surface area contributed by atoms with Gasteiger partial charge in [0.15, 0.2) is 17.6 Å². The number of anilines is 2. The van der Waals surface area contributed by atoms with Crippen LogP contribution in [0.1, 0.15) is 65.2 Å². The number of imidazole rings is 1. The molecule has 10 unspecified atom stereocenters. The standard InChI is InChI=1S/C47H52N6O13/c48-38-8-4-14-46(38,27-6-2-1-3-7-27)21-30-29-19-35(57)36(65-47(64)44(61)43(60)42(59)37(23-55)66-47)20-33(29)53(41(30)45(62)63)40(58)13-11-25-10-12-34(56)26(16-25)17-31-32(51-24-50-31)18-28(22-54)52-39-9-5-15-49-39/h1-3,5-7,9-13,15-16,19-20,22,24,28,30,37-38,41-44,49,52,55-57,59-61,64H,4,8,14,17-18,21,23,48H2,(H,50,51)(H,62,63). The van der Waals surface area contributed by atoms with Crippen LogP contribution in [-0.4, -0.2) is 129 Å². The third-order valence-corrected chi connectivity index (χ3v) is 13.1. The minimum absolute atomic E-state index is 0.0321. The second-order valence-corrected chi connectivity index (χ2v) is 17.1. The lowest BCUT2D eigenvalue weighted by Crippen LogP contribution is -2.67. The van der Waals surface area contributed by atoms with Gasteiger partial charge in [0.05, 0.1) is 30.4 Å². The van der Waals surface area contributed by atoms with Crippen LogP contribution in [0.3, 0.4) is 0 Å². The van der Waals surface area contributed by atoms with E-state index in [1.165, 1.54) is 24.5 Å². The van der Waals surface area contributed by atoms with E-state index < -0.39 is 83.8 Å². The highest BCUT2D eigenvalue weighted by molar-refractivity contribution is 6.10. The zero-order valence-corrected chi connectivity index (χ0v) is 35.5. The van der Waals surface area contributed by atoms with Crippen molar-refractivity contribution in [3.8, 4) is 17.2 Å². The molecule has 1 saturated heterocycles. The van der Waals surface area contributed by atoms with E-state index in [-0.39, 0.29) is 42.3 Å². The number of fused-ring (bicyclic) bond motifs is 1. The zero-order valence-electron chi connectivity index (χ0n) is 35.5. The molecular formula is C47H52N6O13. The Balaban J connectivity index is 1.13. The number of aromatic hydroxyl groups is 2. The number of nitrogens with zero attached hydrogens (tertiary/aromatic N) is 2. The lowest BCUT2D eigenvalue weighted by atomic mass is 9.68. The quantitative estimate of drug-likeness (QED) is 0.0382. The maximum absolute atomic E-state index is 14.6. The van der Waals surface area contributed by atoms with Crippen LogP contribution in [0.15, 0.2) is 91.4 Å². The number of aldehydes is 1. The predicted molar refractivity (Wildman–Crippen MR) is 236 cm³/mol. The summed E-state index contributed by atoms with van der Waals surface area (Å²) >= 11 is 0. The Bertz CT molecular complexity index is 2570. The van der Waals surface area contributed by atoms with Crippen LogP contribution in [0.2, 0.25) is 0 Å². The van der Waals surface area contributed by atoms with Gasteiger partial charge in [-0.05, 0) is 72.4 Å². The highest BCUT2D eigenvalue weighted by Crippen LogP contribution is 2.54. The van der Waals surface area contributed by atoms with Crippen molar-refractivity contribution in [2.45, 2.75) is 98.4 Å². The van der Waals surface area contributed by atoms with Gasteiger partial charge in [-0.3, -0.25) is 9.69 Å². The molecule has 0 bridgehead atoms. The van der Waals surface area contributed by atoms with Crippen molar-refractivity contribution in [3.05, 3.63) is 125 Å². The van der Waals surface area contributed by atoms with E-state index in [1.54, 1.807) is 30.5 Å². The van der Waals surface area contributed by atoms with Crippen molar-refractivity contribution in [1.29, 1.82) is 0 Å². The summed E-state index contributed by atoms with van der Waals surface area (Å²) in [6, 6.07) is 17.5. The molecule has 4 heterocycles. The second kappa shape index (κ2) is 18.7. The SMILES string of the molecule is NC1CCCC1(CC1c2cc(O)c(OC3(O)OC(CO)C(O)C(O)C3O)cc2N(C(=O)C=Cc2ccc(O)c(Cc3[nH]cnc3CC(C=O)Nc3ccc[nH]3)c2)C1C(=O)O)c1ccccc1. The molecule has 3 aliphatic rings. The number of hydrogen-bond donors (Lipinski definition) is 12. The van der Waals surface area contributed by atoms with Gasteiger partial charge >= 0.3 is 11.9 Å². The van der Waals surface area contributed by atoms with Crippen LogP contribution in [-0.2, 0) is 37.4 Å². The lowest BCUT2D eigenvalue weighted by molar-refractivity contribution is -0.422. The largest absolute Gasteiger partial charge is 0.508 e. The van der Waals surface area contributed by atoms with Crippen LogP contribution < -0.4 is 20.7 Å². The van der Waals surface area contributed by atoms with Gasteiger partial charge in [-0.2, -0.15) is 0 Å². The van der Waals surface area contributed by atoms with Crippen molar-refractivity contribution in [2.75, 3.05) is 16.8 Å². The fourth-order valence-electron chi connectivity index (χ4n) is 9.71. The van der Waals surface area contributed by atoms with Gasteiger partial charge in [-0.15, -0.1) is 0 Å². The van der Waals surface area contributed by atoms with Crippen molar-refractivity contribution in [2.24, 2.45) is 5.73 Å². The molecule has 1 aliphatic carbocycles. The molecule has 19 heteroatoms. The van der Waals surface area contributed by atoms with Gasteiger partial charge < -0.3 is 76.1 Å². The summed E-state index contributed by atoms with van der Waals surface area (Å²) in [5, 5.41) is 89.1. The van der Waals surface area contributed by atoms with Gasteiger partial charge in [0, 0.05) is 59.8 Å². The number of phenolic OH excluding ortho intramolecular Hbond substituents is 2. The number of aromatic amines is 2. The Labute approximate surface area is 377 Å². The molecule has 3 aromatic carbocycles. The normalized spacial score (nSPS) is 27.7. The van der Waals surface area contributed by atoms with Crippen molar-refractivity contribution >= 4 is 35.7 Å². The summed E-state index contributed by atoms with van der Waals surface area (Å²) in [6.07, 6.45) is 1.33. The first-order valence-corrected chi connectivity index (χ1v) is 21.5. The predicted octanol–water partition coefficient (Wildman–Crippen LogP) is 1.90. The molecule has 2 aliphatic heterocycles. The van der Waals surface area contributed by atoms with Crippen LogP contribution in [0.25, 0.3) is 6.08 Å². The number of aliphatic hydroxyl groups excluding tert-OH is 4. The number of nitrogens with one attached hydrogen (secondary N) is 3. The fourth-order valence-corrected chi connectivity index (χ4v) is 9.71. The number of H-pyrrole nitrogens is 2. The average molecular weight is 909 g/mol. The van der Waals surface area contributed by atoms with E-state index in [4.69, 9.17) is 15.2 Å². The minimum atomic E-state index is -3.15. The maximum atomic E-state index is 14.6. The number of benzene rings is 3. The van der Waals surface area contributed by atoms with E-state index >= 15 is 0 Å². The summed E-state index contributed by atoms with van der Waals surface area (Å²) in [5.74, 6) is -6.93. The summed E-state index contributed by atoms with van der Waals surface area (Å²) in [5.41, 5.74) is 9.36. The Morgan fingerprint density at radius 2 is 1.82 bits per heavy atom. The van der Waals surface area contributed by atoms with Gasteiger partial charge in [-0.25, -0.2) is 9.78 Å². The number of aliphatic carboxylic acids is 1. The Kier molecular flexibility index (Phi) is 13.0. The number of rotatable bonds is 16. The van der Waals surface area contributed by atoms with Gasteiger partial charge in [0.2, 0.25) is 0 Å².